The van der Waals surface area contributed by atoms with Gasteiger partial charge in [0.2, 0.25) is 0 Å². The van der Waals surface area contributed by atoms with Crippen LogP contribution in [-0.2, 0) is 6.54 Å². The van der Waals surface area contributed by atoms with Crippen molar-refractivity contribution in [3.63, 3.8) is 0 Å². The first-order valence-corrected chi connectivity index (χ1v) is 9.56. The molecule has 1 aliphatic heterocycles. The number of aliphatic imine (C=N–C) groups is 1. The summed E-state index contributed by atoms with van der Waals surface area (Å²) in [5.41, 5.74) is 3.89. The molecule has 2 aromatic rings. The molecule has 136 valence electrons. The summed E-state index contributed by atoms with van der Waals surface area (Å²) in [6.45, 7) is 7.95. The number of guanidine groups is 1. The lowest BCUT2D eigenvalue weighted by atomic mass is 10.2. The predicted molar refractivity (Wildman–Crippen MR) is 119 cm³/mol. The highest BCUT2D eigenvalue weighted by atomic mass is 127. The van der Waals surface area contributed by atoms with Crippen LogP contribution >= 0.6 is 35.3 Å². The average Bonchev–Trinajstić information content (AvgIpc) is 3.25. The van der Waals surface area contributed by atoms with Gasteiger partial charge >= 0.3 is 0 Å². The minimum atomic E-state index is 0. The van der Waals surface area contributed by atoms with Crippen LogP contribution in [0.4, 0.5) is 5.69 Å². The lowest BCUT2D eigenvalue weighted by molar-refractivity contribution is 0.649. The van der Waals surface area contributed by atoms with Crippen molar-refractivity contribution in [2.45, 2.75) is 32.9 Å². The monoisotopic (exact) mass is 470 g/mol. The number of aryl methyl sites for hydroxylation is 1. The number of hydrogen-bond acceptors (Lipinski definition) is 3. The average molecular weight is 470 g/mol. The Hall–Kier alpha value is -1.28. The summed E-state index contributed by atoms with van der Waals surface area (Å²) >= 11 is 1.72. The van der Waals surface area contributed by atoms with E-state index in [0.717, 1.165) is 38.6 Å². The first-order chi connectivity index (χ1) is 11.7. The van der Waals surface area contributed by atoms with Crippen LogP contribution in [0.2, 0.25) is 0 Å². The summed E-state index contributed by atoms with van der Waals surface area (Å²) in [5, 5.41) is 11.2. The molecule has 0 radical (unpaired) electrons. The third kappa shape index (κ3) is 5.88. The fourth-order valence-electron chi connectivity index (χ4n) is 2.93. The molecule has 0 bridgehead atoms. The van der Waals surface area contributed by atoms with E-state index in [2.05, 4.69) is 70.5 Å². The van der Waals surface area contributed by atoms with Crippen LogP contribution in [0.25, 0.3) is 0 Å². The molecule has 1 aromatic carbocycles. The molecule has 1 fully saturated rings. The Morgan fingerprint density at radius 1 is 1.28 bits per heavy atom. The number of anilines is 1. The number of thiophene rings is 1. The van der Waals surface area contributed by atoms with E-state index in [1.807, 2.05) is 0 Å². The second kappa shape index (κ2) is 10.0. The second-order valence-electron chi connectivity index (χ2n) is 6.24. The number of benzene rings is 1. The zero-order valence-corrected chi connectivity index (χ0v) is 18.0. The smallest absolute Gasteiger partial charge is 0.191 e. The highest BCUT2D eigenvalue weighted by Gasteiger charge is 2.23. The van der Waals surface area contributed by atoms with Gasteiger partial charge in [-0.1, -0.05) is 17.7 Å². The highest BCUT2D eigenvalue weighted by molar-refractivity contribution is 14.0. The van der Waals surface area contributed by atoms with Crippen LogP contribution in [0.5, 0.6) is 0 Å². The van der Waals surface area contributed by atoms with Crippen molar-refractivity contribution in [2.75, 3.05) is 24.5 Å². The molecular formula is C19H27IN4S. The molecule has 3 rings (SSSR count). The Morgan fingerprint density at radius 2 is 2.08 bits per heavy atom. The van der Waals surface area contributed by atoms with Crippen molar-refractivity contribution in [2.24, 2.45) is 4.99 Å². The summed E-state index contributed by atoms with van der Waals surface area (Å²) in [4.78, 5) is 7.16. The summed E-state index contributed by atoms with van der Waals surface area (Å²) in [7, 11) is 0. The number of hydrogen-bond donors (Lipinski definition) is 2. The second-order valence-corrected chi connectivity index (χ2v) is 7.02. The number of nitrogens with one attached hydrogen (secondary N) is 2. The van der Waals surface area contributed by atoms with Crippen molar-refractivity contribution >= 4 is 47.0 Å². The molecule has 0 spiro atoms. The van der Waals surface area contributed by atoms with Gasteiger partial charge in [-0.25, -0.2) is 4.99 Å². The van der Waals surface area contributed by atoms with E-state index < -0.39 is 0 Å². The van der Waals surface area contributed by atoms with Crippen molar-refractivity contribution in [1.29, 1.82) is 0 Å². The van der Waals surface area contributed by atoms with Gasteiger partial charge in [0.15, 0.2) is 5.96 Å². The van der Waals surface area contributed by atoms with E-state index in [4.69, 9.17) is 4.99 Å². The molecule has 4 nitrogen and oxygen atoms in total. The van der Waals surface area contributed by atoms with Crippen molar-refractivity contribution < 1.29 is 0 Å². The van der Waals surface area contributed by atoms with Crippen LogP contribution in [0, 0.1) is 6.92 Å². The van der Waals surface area contributed by atoms with Gasteiger partial charge in [0.05, 0.1) is 6.54 Å². The Morgan fingerprint density at radius 3 is 2.76 bits per heavy atom. The fraction of sp³-hybridized carbons (Fsp3) is 0.421. The van der Waals surface area contributed by atoms with E-state index in [-0.39, 0.29) is 24.0 Å². The summed E-state index contributed by atoms with van der Waals surface area (Å²) < 4.78 is 0. The van der Waals surface area contributed by atoms with Gasteiger partial charge in [-0.3, -0.25) is 0 Å². The zero-order valence-electron chi connectivity index (χ0n) is 14.9. The third-order valence-corrected chi connectivity index (χ3v) is 5.00. The lowest BCUT2D eigenvalue weighted by Gasteiger charge is -2.20. The molecule has 25 heavy (non-hydrogen) atoms. The maximum Gasteiger partial charge on any atom is 0.191 e. The molecular weight excluding hydrogens is 443 g/mol. The Labute approximate surface area is 171 Å². The quantitative estimate of drug-likeness (QED) is 0.394. The molecule has 1 aliphatic rings. The van der Waals surface area contributed by atoms with E-state index in [1.54, 1.807) is 11.3 Å². The van der Waals surface area contributed by atoms with Crippen LogP contribution in [0.3, 0.4) is 0 Å². The van der Waals surface area contributed by atoms with Gasteiger partial charge in [-0.05, 0) is 54.8 Å². The van der Waals surface area contributed by atoms with Crippen LogP contribution in [0.15, 0.2) is 46.1 Å². The molecule has 0 aliphatic carbocycles. The van der Waals surface area contributed by atoms with E-state index >= 15 is 0 Å². The molecule has 1 atom stereocenters. The van der Waals surface area contributed by atoms with Gasteiger partial charge in [-0.15, -0.1) is 24.0 Å². The zero-order chi connectivity index (χ0) is 16.8. The minimum Gasteiger partial charge on any atom is -0.369 e. The molecule has 1 unspecified atom stereocenters. The molecule has 1 saturated heterocycles. The topological polar surface area (TPSA) is 39.7 Å². The van der Waals surface area contributed by atoms with Crippen LogP contribution in [0.1, 0.15) is 24.5 Å². The van der Waals surface area contributed by atoms with Gasteiger partial charge in [0.1, 0.15) is 0 Å². The molecule has 2 N–H and O–H groups in total. The van der Waals surface area contributed by atoms with Gasteiger partial charge < -0.3 is 15.5 Å². The van der Waals surface area contributed by atoms with Crippen molar-refractivity contribution in [1.82, 2.24) is 10.6 Å². The van der Waals surface area contributed by atoms with Crippen molar-refractivity contribution in [3.8, 4) is 0 Å². The number of rotatable bonds is 5. The maximum atomic E-state index is 4.71. The van der Waals surface area contributed by atoms with E-state index in [9.17, 15) is 0 Å². The van der Waals surface area contributed by atoms with Crippen LogP contribution in [-0.4, -0.2) is 31.6 Å². The standard InChI is InChI=1S/C19H26N4S.HI/c1-3-20-19(21-12-16-9-11-24-14-16)22-17-8-10-23(13-17)18-6-4-15(2)5-7-18;/h4-7,9,11,14,17H,3,8,10,12-13H2,1-2H3,(H2,20,21,22);1H. The lowest BCUT2D eigenvalue weighted by Crippen LogP contribution is -2.44. The Kier molecular flexibility index (Phi) is 8.02. The first kappa shape index (κ1) is 20.0. The Bertz CT molecular complexity index is 655. The largest absolute Gasteiger partial charge is 0.369 e. The molecule has 1 aromatic heterocycles. The molecule has 0 amide bonds. The van der Waals surface area contributed by atoms with Crippen LogP contribution < -0.4 is 15.5 Å². The SMILES string of the molecule is CCNC(=NCc1ccsc1)NC1CCN(c2ccc(C)cc2)C1.I. The van der Waals surface area contributed by atoms with Gasteiger partial charge in [0.25, 0.3) is 0 Å². The summed E-state index contributed by atoms with van der Waals surface area (Å²) in [5.74, 6) is 0.916. The number of halogens is 1. The highest BCUT2D eigenvalue weighted by Crippen LogP contribution is 2.20. The van der Waals surface area contributed by atoms with E-state index in [0.29, 0.717) is 6.04 Å². The molecule has 0 saturated carbocycles. The van der Waals surface area contributed by atoms with Gasteiger partial charge in [0, 0.05) is 31.4 Å². The Balaban J connectivity index is 0.00000225. The van der Waals surface area contributed by atoms with Gasteiger partial charge in [-0.2, -0.15) is 11.3 Å². The fourth-order valence-corrected chi connectivity index (χ4v) is 3.59. The molecule has 2 heterocycles. The number of nitrogens with zero attached hydrogens (tertiary/aromatic N) is 2. The van der Waals surface area contributed by atoms with E-state index in [1.165, 1.54) is 16.8 Å². The molecule has 6 heteroatoms. The summed E-state index contributed by atoms with van der Waals surface area (Å²) in [6.07, 6.45) is 1.14. The maximum absolute atomic E-state index is 4.71. The third-order valence-electron chi connectivity index (χ3n) is 4.27. The predicted octanol–water partition coefficient (Wildman–Crippen LogP) is 4.01. The summed E-state index contributed by atoms with van der Waals surface area (Å²) in [6, 6.07) is 11.4. The van der Waals surface area contributed by atoms with Crippen molar-refractivity contribution in [3.05, 3.63) is 52.2 Å². The first-order valence-electron chi connectivity index (χ1n) is 8.62. The normalized spacial score (nSPS) is 17.3. The minimum absolute atomic E-state index is 0.